The average molecular weight is 140 g/mol. The molecule has 0 heteroatoms. The Morgan fingerprint density at radius 3 is 2.00 bits per heavy atom. The molecular weight excluding hydrogens is 120 g/mol. The first-order chi connectivity index (χ1) is 4.42. The molecule has 0 aliphatic carbocycles. The van der Waals surface area contributed by atoms with Gasteiger partial charge >= 0.3 is 0 Å². The SMILES string of the molecule is CC(C)=CCCC(C)(C)C. The van der Waals surface area contributed by atoms with Crippen LogP contribution >= 0.6 is 0 Å². The highest BCUT2D eigenvalue weighted by molar-refractivity contribution is 4.93. The highest BCUT2D eigenvalue weighted by Crippen LogP contribution is 2.20. The Labute approximate surface area is 65.3 Å². The van der Waals surface area contributed by atoms with E-state index < -0.39 is 0 Å². The summed E-state index contributed by atoms with van der Waals surface area (Å²) in [5, 5.41) is 0. The quantitative estimate of drug-likeness (QED) is 0.512. The van der Waals surface area contributed by atoms with Gasteiger partial charge in [-0.3, -0.25) is 0 Å². The lowest BCUT2D eigenvalue weighted by Gasteiger charge is -2.16. The lowest BCUT2D eigenvalue weighted by Crippen LogP contribution is -2.03. The van der Waals surface area contributed by atoms with E-state index in [1.54, 1.807) is 0 Å². The van der Waals surface area contributed by atoms with E-state index in [-0.39, 0.29) is 0 Å². The molecule has 0 bridgehead atoms. The van der Waals surface area contributed by atoms with Gasteiger partial charge in [-0.2, -0.15) is 0 Å². The number of allylic oxidation sites excluding steroid dienone is 2. The summed E-state index contributed by atoms with van der Waals surface area (Å²) < 4.78 is 0. The highest BCUT2D eigenvalue weighted by atomic mass is 14.1. The highest BCUT2D eigenvalue weighted by Gasteiger charge is 2.07. The molecule has 0 heterocycles. The summed E-state index contributed by atoms with van der Waals surface area (Å²) in [6.07, 6.45) is 4.83. The smallest absolute Gasteiger partial charge is 0.0343 e. The molecule has 60 valence electrons. The monoisotopic (exact) mass is 140 g/mol. The Hall–Kier alpha value is -0.260. The number of rotatable bonds is 2. The summed E-state index contributed by atoms with van der Waals surface area (Å²) in [6.45, 7) is 11.2. The topological polar surface area (TPSA) is 0 Å². The second kappa shape index (κ2) is 3.80. The molecule has 0 aliphatic rings. The Kier molecular flexibility index (Phi) is 3.70. The molecule has 0 saturated heterocycles. The molecule has 0 aromatic heterocycles. The lowest BCUT2D eigenvalue weighted by atomic mass is 9.90. The van der Waals surface area contributed by atoms with Crippen LogP contribution < -0.4 is 0 Å². The molecule has 0 amide bonds. The molecule has 0 fully saturated rings. The molecule has 0 radical (unpaired) electrons. The largest absolute Gasteiger partial charge is 0.0859 e. The summed E-state index contributed by atoms with van der Waals surface area (Å²) in [5.74, 6) is 0. The van der Waals surface area contributed by atoms with Gasteiger partial charge in [0.25, 0.3) is 0 Å². The van der Waals surface area contributed by atoms with E-state index in [0.717, 1.165) is 0 Å². The summed E-state index contributed by atoms with van der Waals surface area (Å²) in [6, 6.07) is 0. The van der Waals surface area contributed by atoms with E-state index in [0.29, 0.717) is 5.41 Å². The molecule has 0 aromatic rings. The van der Waals surface area contributed by atoms with E-state index in [4.69, 9.17) is 0 Å². The van der Waals surface area contributed by atoms with Crippen LogP contribution in [-0.4, -0.2) is 0 Å². The fraction of sp³-hybridized carbons (Fsp3) is 0.800. The molecule has 0 rings (SSSR count). The van der Waals surface area contributed by atoms with E-state index in [9.17, 15) is 0 Å². The van der Waals surface area contributed by atoms with Crippen molar-refractivity contribution in [1.29, 1.82) is 0 Å². The Bertz CT molecular complexity index is 108. The van der Waals surface area contributed by atoms with Crippen molar-refractivity contribution < 1.29 is 0 Å². The van der Waals surface area contributed by atoms with Crippen molar-refractivity contribution in [3.63, 3.8) is 0 Å². The first-order valence-electron chi connectivity index (χ1n) is 4.05. The Morgan fingerprint density at radius 1 is 1.20 bits per heavy atom. The second-order valence-electron chi connectivity index (χ2n) is 4.38. The van der Waals surface area contributed by atoms with Crippen LogP contribution in [0.3, 0.4) is 0 Å². The molecule has 0 spiro atoms. The third-order valence-electron chi connectivity index (χ3n) is 1.45. The second-order valence-corrected chi connectivity index (χ2v) is 4.38. The predicted molar refractivity (Wildman–Crippen MR) is 48.1 cm³/mol. The van der Waals surface area contributed by atoms with E-state index >= 15 is 0 Å². The first kappa shape index (κ1) is 9.74. The van der Waals surface area contributed by atoms with Crippen molar-refractivity contribution in [2.24, 2.45) is 5.41 Å². The molecule has 0 aromatic carbocycles. The normalized spacial score (nSPS) is 11.3. The Balaban J connectivity index is 3.47. The first-order valence-corrected chi connectivity index (χ1v) is 4.05. The maximum Gasteiger partial charge on any atom is -0.0343 e. The van der Waals surface area contributed by atoms with Crippen molar-refractivity contribution >= 4 is 0 Å². The van der Waals surface area contributed by atoms with Gasteiger partial charge < -0.3 is 0 Å². The van der Waals surface area contributed by atoms with Gasteiger partial charge in [0.15, 0.2) is 0 Å². The van der Waals surface area contributed by atoms with Gasteiger partial charge in [0, 0.05) is 0 Å². The minimum Gasteiger partial charge on any atom is -0.0859 e. The minimum atomic E-state index is 0.492. The third-order valence-corrected chi connectivity index (χ3v) is 1.45. The van der Waals surface area contributed by atoms with E-state index in [1.807, 2.05) is 0 Å². The number of hydrogen-bond donors (Lipinski definition) is 0. The predicted octanol–water partition coefficient (Wildman–Crippen LogP) is 3.78. The van der Waals surface area contributed by atoms with Gasteiger partial charge in [0.05, 0.1) is 0 Å². The molecule has 0 saturated carbocycles. The Morgan fingerprint density at radius 2 is 1.70 bits per heavy atom. The van der Waals surface area contributed by atoms with Gasteiger partial charge in [0.2, 0.25) is 0 Å². The van der Waals surface area contributed by atoms with Crippen LogP contribution in [-0.2, 0) is 0 Å². The van der Waals surface area contributed by atoms with E-state index in [2.05, 4.69) is 40.7 Å². The van der Waals surface area contributed by atoms with Crippen molar-refractivity contribution in [2.45, 2.75) is 47.5 Å². The fourth-order valence-electron chi connectivity index (χ4n) is 0.794. The summed E-state index contributed by atoms with van der Waals surface area (Å²) >= 11 is 0. The maximum absolute atomic E-state index is 2.31. The van der Waals surface area contributed by atoms with Gasteiger partial charge in [-0.1, -0.05) is 32.4 Å². The summed E-state index contributed by atoms with van der Waals surface area (Å²) in [5.41, 5.74) is 1.93. The zero-order valence-electron chi connectivity index (χ0n) is 7.99. The molecule has 0 aliphatic heterocycles. The molecule has 0 unspecified atom stereocenters. The lowest BCUT2D eigenvalue weighted by molar-refractivity contribution is 0.381. The summed E-state index contributed by atoms with van der Waals surface area (Å²) in [7, 11) is 0. The fourth-order valence-corrected chi connectivity index (χ4v) is 0.794. The molecule has 0 nitrogen and oxygen atoms in total. The van der Waals surface area contributed by atoms with Crippen LogP contribution in [0.1, 0.15) is 47.5 Å². The molecule has 10 heavy (non-hydrogen) atoms. The molecular formula is C10H20. The van der Waals surface area contributed by atoms with Crippen LogP contribution in [0.4, 0.5) is 0 Å². The van der Waals surface area contributed by atoms with Crippen molar-refractivity contribution in [1.82, 2.24) is 0 Å². The van der Waals surface area contributed by atoms with Crippen LogP contribution in [0.15, 0.2) is 11.6 Å². The average Bonchev–Trinajstić information content (AvgIpc) is 1.59. The van der Waals surface area contributed by atoms with Crippen molar-refractivity contribution in [3.05, 3.63) is 11.6 Å². The molecule has 0 atom stereocenters. The van der Waals surface area contributed by atoms with Gasteiger partial charge in [-0.15, -0.1) is 0 Å². The van der Waals surface area contributed by atoms with Crippen molar-refractivity contribution in [2.75, 3.05) is 0 Å². The maximum atomic E-state index is 2.31. The summed E-state index contributed by atoms with van der Waals surface area (Å²) in [4.78, 5) is 0. The molecule has 0 N–H and O–H groups in total. The van der Waals surface area contributed by atoms with Crippen LogP contribution in [0.2, 0.25) is 0 Å². The zero-order valence-corrected chi connectivity index (χ0v) is 7.99. The van der Waals surface area contributed by atoms with E-state index in [1.165, 1.54) is 18.4 Å². The van der Waals surface area contributed by atoms with Gasteiger partial charge in [-0.05, 0) is 32.1 Å². The van der Waals surface area contributed by atoms with Crippen LogP contribution in [0, 0.1) is 5.41 Å². The van der Waals surface area contributed by atoms with Crippen LogP contribution in [0.25, 0.3) is 0 Å². The van der Waals surface area contributed by atoms with Gasteiger partial charge in [0.1, 0.15) is 0 Å². The third kappa shape index (κ3) is 7.74. The number of hydrogen-bond acceptors (Lipinski definition) is 0. The minimum absolute atomic E-state index is 0.492. The van der Waals surface area contributed by atoms with Crippen molar-refractivity contribution in [3.8, 4) is 0 Å². The van der Waals surface area contributed by atoms with Gasteiger partial charge in [-0.25, -0.2) is 0 Å². The van der Waals surface area contributed by atoms with Crippen LogP contribution in [0.5, 0.6) is 0 Å². The zero-order chi connectivity index (χ0) is 8.20. The standard InChI is InChI=1S/C10H20/c1-9(2)7-6-8-10(3,4)5/h7H,6,8H2,1-5H3.